The summed E-state index contributed by atoms with van der Waals surface area (Å²) in [6.45, 7) is 0.0830. The molecule has 0 saturated carbocycles. The molecule has 0 bridgehead atoms. The number of halogens is 1. The molecule has 0 spiro atoms. The first-order valence-electron chi connectivity index (χ1n) is 8.84. The molecule has 4 rings (SSSR count). The summed E-state index contributed by atoms with van der Waals surface area (Å²) < 4.78 is 3.05. The molecule has 0 fully saturated rings. The Morgan fingerprint density at radius 1 is 1.23 bits per heavy atom. The number of carbonyl (C=O) groups is 1. The number of benzene rings is 1. The van der Waals surface area contributed by atoms with Crippen molar-refractivity contribution >= 4 is 34.5 Å². The first kappa shape index (κ1) is 20.4. The van der Waals surface area contributed by atoms with E-state index in [4.69, 9.17) is 11.6 Å². The molecule has 10 nitrogen and oxygen atoms in total. The standard InChI is InChI=1S/C19H13ClN6O4S/c20-17-7-6-16(31-17)19(28)21-10-12-11-25(23-22-12)14-5-4-13(9-15(14)26(29)30)24-8-2-1-3-18(24)27/h1-9,11H,10H2,(H,21,28). The van der Waals surface area contributed by atoms with Gasteiger partial charge in [-0.25, -0.2) is 4.68 Å². The fourth-order valence-corrected chi connectivity index (χ4v) is 3.79. The van der Waals surface area contributed by atoms with Gasteiger partial charge in [0.2, 0.25) is 0 Å². The van der Waals surface area contributed by atoms with Crippen molar-refractivity contribution in [3.63, 3.8) is 0 Å². The van der Waals surface area contributed by atoms with Gasteiger partial charge in [0.25, 0.3) is 17.2 Å². The van der Waals surface area contributed by atoms with Crippen molar-refractivity contribution in [2.45, 2.75) is 6.54 Å². The predicted molar refractivity (Wildman–Crippen MR) is 114 cm³/mol. The lowest BCUT2D eigenvalue weighted by Gasteiger charge is -2.07. The molecule has 0 aliphatic rings. The van der Waals surface area contributed by atoms with E-state index in [1.54, 1.807) is 30.3 Å². The molecule has 1 aromatic carbocycles. The van der Waals surface area contributed by atoms with E-state index in [1.165, 1.54) is 39.8 Å². The summed E-state index contributed by atoms with van der Waals surface area (Å²) in [6, 6.07) is 12.2. The van der Waals surface area contributed by atoms with Crippen LogP contribution in [0.3, 0.4) is 0 Å². The van der Waals surface area contributed by atoms with Crippen LogP contribution in [0.25, 0.3) is 11.4 Å². The monoisotopic (exact) mass is 456 g/mol. The summed E-state index contributed by atoms with van der Waals surface area (Å²) in [6.07, 6.45) is 3.01. The van der Waals surface area contributed by atoms with Gasteiger partial charge >= 0.3 is 0 Å². The number of rotatable bonds is 6. The van der Waals surface area contributed by atoms with Crippen molar-refractivity contribution in [3.05, 3.63) is 96.3 Å². The molecule has 156 valence electrons. The third kappa shape index (κ3) is 4.37. The van der Waals surface area contributed by atoms with Crippen LogP contribution in [0.15, 0.2) is 65.7 Å². The number of hydrogen-bond donors (Lipinski definition) is 1. The van der Waals surface area contributed by atoms with Crippen LogP contribution in [-0.4, -0.2) is 30.4 Å². The van der Waals surface area contributed by atoms with E-state index >= 15 is 0 Å². The van der Waals surface area contributed by atoms with E-state index in [0.29, 0.717) is 20.6 Å². The summed E-state index contributed by atoms with van der Waals surface area (Å²) in [7, 11) is 0. The van der Waals surface area contributed by atoms with Gasteiger partial charge in [0, 0.05) is 18.3 Å². The van der Waals surface area contributed by atoms with Gasteiger partial charge in [-0.2, -0.15) is 0 Å². The maximum Gasteiger partial charge on any atom is 0.297 e. The third-order valence-corrected chi connectivity index (χ3v) is 5.50. The highest BCUT2D eigenvalue weighted by molar-refractivity contribution is 7.17. The molecule has 0 aliphatic heterocycles. The first-order chi connectivity index (χ1) is 14.9. The Morgan fingerprint density at radius 3 is 2.77 bits per heavy atom. The van der Waals surface area contributed by atoms with Crippen molar-refractivity contribution in [3.8, 4) is 11.4 Å². The predicted octanol–water partition coefficient (Wildman–Crippen LogP) is 2.97. The summed E-state index contributed by atoms with van der Waals surface area (Å²) in [5, 5.41) is 22.2. The van der Waals surface area contributed by atoms with Crippen LogP contribution in [0, 0.1) is 10.1 Å². The lowest BCUT2D eigenvalue weighted by molar-refractivity contribution is -0.384. The number of nitro benzene ring substituents is 1. The number of carbonyl (C=O) groups excluding carboxylic acids is 1. The molecule has 0 aliphatic carbocycles. The Labute approximate surface area is 183 Å². The number of hydrogen-bond acceptors (Lipinski definition) is 7. The molecule has 3 heterocycles. The smallest absolute Gasteiger partial charge is 0.297 e. The Kier molecular flexibility index (Phi) is 5.60. The Bertz CT molecular complexity index is 1340. The van der Waals surface area contributed by atoms with Crippen molar-refractivity contribution in [1.29, 1.82) is 0 Å². The van der Waals surface area contributed by atoms with Gasteiger partial charge in [-0.1, -0.05) is 22.9 Å². The van der Waals surface area contributed by atoms with E-state index in [9.17, 15) is 19.7 Å². The Hall–Kier alpha value is -3.83. The van der Waals surface area contributed by atoms with Gasteiger partial charge < -0.3 is 5.32 Å². The van der Waals surface area contributed by atoms with Gasteiger partial charge in [0.15, 0.2) is 0 Å². The van der Waals surface area contributed by atoms with Gasteiger partial charge in [-0.15, -0.1) is 16.4 Å². The van der Waals surface area contributed by atoms with Crippen molar-refractivity contribution < 1.29 is 9.72 Å². The maximum absolute atomic E-state index is 12.1. The number of nitrogens with one attached hydrogen (secondary N) is 1. The zero-order valence-corrected chi connectivity index (χ0v) is 17.2. The number of nitrogens with zero attached hydrogens (tertiary/aromatic N) is 5. The van der Waals surface area contributed by atoms with Crippen LogP contribution in [-0.2, 0) is 6.54 Å². The van der Waals surface area contributed by atoms with E-state index in [2.05, 4.69) is 15.6 Å². The minimum atomic E-state index is -0.559. The van der Waals surface area contributed by atoms with Gasteiger partial charge in [0.05, 0.1) is 32.6 Å². The third-order valence-electron chi connectivity index (χ3n) is 4.27. The number of thiophene rings is 1. The normalized spacial score (nSPS) is 10.7. The van der Waals surface area contributed by atoms with Crippen LogP contribution in [0.2, 0.25) is 4.34 Å². The highest BCUT2D eigenvalue weighted by Gasteiger charge is 2.19. The maximum atomic E-state index is 12.1. The van der Waals surface area contributed by atoms with Gasteiger partial charge in [-0.3, -0.25) is 24.3 Å². The van der Waals surface area contributed by atoms with E-state index in [0.717, 1.165) is 11.3 Å². The van der Waals surface area contributed by atoms with E-state index < -0.39 is 4.92 Å². The van der Waals surface area contributed by atoms with Crippen LogP contribution in [0.1, 0.15) is 15.4 Å². The first-order valence-corrected chi connectivity index (χ1v) is 10.0. The second kappa shape index (κ2) is 8.50. The van der Waals surface area contributed by atoms with Crippen LogP contribution < -0.4 is 10.9 Å². The van der Waals surface area contributed by atoms with Gasteiger partial charge in [-0.05, 0) is 30.3 Å². The summed E-state index contributed by atoms with van der Waals surface area (Å²) >= 11 is 6.98. The SMILES string of the molecule is O=C(NCc1cn(-c2ccc(-n3ccccc3=O)cc2[N+](=O)[O-])nn1)c1ccc(Cl)s1. The highest BCUT2D eigenvalue weighted by Crippen LogP contribution is 2.25. The number of aromatic nitrogens is 4. The fourth-order valence-electron chi connectivity index (χ4n) is 2.83. The zero-order chi connectivity index (χ0) is 22.0. The van der Waals surface area contributed by atoms with E-state index in [-0.39, 0.29) is 29.4 Å². The molecule has 12 heteroatoms. The number of nitro groups is 1. The largest absolute Gasteiger partial charge is 0.346 e. The second-order valence-electron chi connectivity index (χ2n) is 6.28. The fraction of sp³-hybridized carbons (Fsp3) is 0.0526. The molecule has 0 unspecified atom stereocenters. The number of amides is 1. The molecular weight excluding hydrogens is 444 g/mol. The Balaban J connectivity index is 1.58. The van der Waals surface area contributed by atoms with Crippen molar-refractivity contribution in [2.24, 2.45) is 0 Å². The van der Waals surface area contributed by atoms with Crippen LogP contribution >= 0.6 is 22.9 Å². The summed E-state index contributed by atoms with van der Waals surface area (Å²) in [5.74, 6) is -0.310. The minimum absolute atomic E-state index is 0.0830. The molecule has 4 aromatic rings. The van der Waals surface area contributed by atoms with E-state index in [1.807, 2.05) is 0 Å². The van der Waals surface area contributed by atoms with Gasteiger partial charge in [0.1, 0.15) is 11.4 Å². The lowest BCUT2D eigenvalue weighted by atomic mass is 10.2. The topological polar surface area (TPSA) is 125 Å². The quantitative estimate of drug-likeness (QED) is 0.351. The van der Waals surface area contributed by atoms with Crippen molar-refractivity contribution in [2.75, 3.05) is 0 Å². The Morgan fingerprint density at radius 2 is 2.06 bits per heavy atom. The average Bonchev–Trinajstić information content (AvgIpc) is 3.41. The molecule has 0 atom stereocenters. The van der Waals surface area contributed by atoms with Crippen molar-refractivity contribution in [1.82, 2.24) is 24.9 Å². The molecule has 31 heavy (non-hydrogen) atoms. The molecule has 0 radical (unpaired) electrons. The summed E-state index contributed by atoms with van der Waals surface area (Å²) in [5.41, 5.74) is 0.377. The van der Waals surface area contributed by atoms with Crippen LogP contribution in [0.5, 0.6) is 0 Å². The average molecular weight is 457 g/mol. The second-order valence-corrected chi connectivity index (χ2v) is 7.99. The molecule has 3 aromatic heterocycles. The highest BCUT2D eigenvalue weighted by atomic mass is 35.5. The molecule has 1 N–H and O–H groups in total. The number of pyridine rings is 1. The summed E-state index contributed by atoms with van der Waals surface area (Å²) in [4.78, 5) is 35.7. The minimum Gasteiger partial charge on any atom is -0.346 e. The van der Waals surface area contributed by atoms with Crippen LogP contribution in [0.4, 0.5) is 5.69 Å². The molecule has 1 amide bonds. The molecule has 0 saturated heterocycles. The zero-order valence-electron chi connectivity index (χ0n) is 15.6. The lowest BCUT2D eigenvalue weighted by Crippen LogP contribution is -2.21. The molecular formula is C19H13ClN6O4S.